The normalized spacial score (nSPS) is 25.4. The number of methoxy groups -OCH3 is 1. The summed E-state index contributed by atoms with van der Waals surface area (Å²) in [5.74, 6) is -3.18. The summed E-state index contributed by atoms with van der Waals surface area (Å²) in [6.45, 7) is 6.46. The van der Waals surface area contributed by atoms with Gasteiger partial charge in [0, 0.05) is 43.0 Å². The maximum Gasteiger partial charge on any atom is 0.287 e. The lowest BCUT2D eigenvalue weighted by Gasteiger charge is -2.34. The Morgan fingerprint density at radius 2 is 1.79 bits per heavy atom. The van der Waals surface area contributed by atoms with Gasteiger partial charge in [-0.15, -0.1) is 0 Å². The van der Waals surface area contributed by atoms with Gasteiger partial charge in [0.2, 0.25) is 11.8 Å². The monoisotopic (exact) mass is 648 g/mol. The number of hydrogen-bond acceptors (Lipinski definition) is 8. The highest BCUT2D eigenvalue weighted by Gasteiger charge is 2.64. The molecule has 2 N–H and O–H groups in total. The number of nitrogens with zero attached hydrogens (tertiary/aromatic N) is 3. The van der Waals surface area contributed by atoms with E-state index in [-0.39, 0.29) is 11.7 Å². The van der Waals surface area contributed by atoms with Gasteiger partial charge in [-0.1, -0.05) is 19.1 Å². The van der Waals surface area contributed by atoms with E-state index in [9.17, 15) is 14.0 Å². The topological polar surface area (TPSA) is 116 Å². The van der Waals surface area contributed by atoms with Crippen molar-refractivity contribution < 1.29 is 37.3 Å². The number of fused-ring (bicyclic) bond motifs is 1. The Bertz CT molecular complexity index is 1680. The fourth-order valence-electron chi connectivity index (χ4n) is 6.19. The Balaban J connectivity index is 1.19. The summed E-state index contributed by atoms with van der Waals surface area (Å²) in [6, 6.07) is 9.50. The highest BCUT2D eigenvalue weighted by atomic mass is 19.2. The summed E-state index contributed by atoms with van der Waals surface area (Å²) in [5, 5.41) is 0.514. The standard InChI is InChI=1S/C35H38F2N4O6/c1-23-22-35(23,32(38)42)33(43)41(25-6-4-24(36)5-7-25)26-8-11-34(37,12-9-26)47-29-10-13-39-28-21-31(30(44-2)20-27(28)29)46-17-3-14-40-15-18-45-19-16-40/h4-13,20-21,23,26H,3,14-19,22H2,1-2H3,(H2,38,42)/t23-,26?,34?,35-/m1/s1. The van der Waals surface area contributed by atoms with Gasteiger partial charge in [-0.3, -0.25) is 19.5 Å². The number of alkyl halides is 1. The van der Waals surface area contributed by atoms with Crippen LogP contribution in [0.5, 0.6) is 17.2 Å². The minimum Gasteiger partial charge on any atom is -0.493 e. The molecule has 6 rings (SSSR count). The van der Waals surface area contributed by atoms with E-state index >= 15 is 4.39 Å². The summed E-state index contributed by atoms with van der Waals surface area (Å²) in [4.78, 5) is 34.3. The van der Waals surface area contributed by atoms with Crippen molar-refractivity contribution in [3.63, 3.8) is 0 Å². The van der Waals surface area contributed by atoms with E-state index in [4.69, 9.17) is 24.7 Å². The van der Waals surface area contributed by atoms with Crippen LogP contribution >= 0.6 is 0 Å². The second kappa shape index (κ2) is 13.3. The van der Waals surface area contributed by atoms with Crippen LogP contribution in [0.15, 0.2) is 73.0 Å². The van der Waals surface area contributed by atoms with Crippen molar-refractivity contribution in [1.82, 2.24) is 9.88 Å². The predicted molar refractivity (Wildman–Crippen MR) is 171 cm³/mol. The molecule has 2 atom stereocenters. The van der Waals surface area contributed by atoms with Crippen LogP contribution in [0.1, 0.15) is 19.8 Å². The Morgan fingerprint density at radius 1 is 1.09 bits per heavy atom. The highest BCUT2D eigenvalue weighted by molar-refractivity contribution is 6.14. The number of benzene rings is 2. The number of pyridine rings is 1. The molecule has 3 aliphatic rings. The van der Waals surface area contributed by atoms with Crippen LogP contribution in [-0.2, 0) is 14.3 Å². The zero-order valence-electron chi connectivity index (χ0n) is 26.4. The van der Waals surface area contributed by atoms with E-state index in [1.54, 1.807) is 25.1 Å². The summed E-state index contributed by atoms with van der Waals surface area (Å²) < 4.78 is 52.9. The van der Waals surface area contributed by atoms with Crippen molar-refractivity contribution in [2.75, 3.05) is 51.5 Å². The predicted octanol–water partition coefficient (Wildman–Crippen LogP) is 4.57. The molecule has 12 heteroatoms. The molecule has 1 saturated heterocycles. The second-order valence-electron chi connectivity index (χ2n) is 12.1. The molecule has 47 heavy (non-hydrogen) atoms. The van der Waals surface area contributed by atoms with E-state index in [0.717, 1.165) is 39.3 Å². The highest BCUT2D eigenvalue weighted by Crippen LogP contribution is 2.54. The third kappa shape index (κ3) is 6.66. The van der Waals surface area contributed by atoms with Crippen molar-refractivity contribution in [1.29, 1.82) is 0 Å². The molecule has 10 nitrogen and oxygen atoms in total. The minimum absolute atomic E-state index is 0.216. The van der Waals surface area contributed by atoms with Crippen LogP contribution in [0.2, 0.25) is 0 Å². The number of morpholine rings is 1. The average Bonchev–Trinajstić information content (AvgIpc) is 3.77. The minimum atomic E-state index is -2.38. The first-order chi connectivity index (χ1) is 22.6. The largest absolute Gasteiger partial charge is 0.493 e. The first kappa shape index (κ1) is 32.4. The molecule has 2 heterocycles. The Labute approximate surface area is 271 Å². The molecule has 3 aromatic rings. The molecular weight excluding hydrogens is 610 g/mol. The molecule has 0 unspecified atom stereocenters. The molecule has 0 radical (unpaired) electrons. The summed E-state index contributed by atoms with van der Waals surface area (Å²) in [7, 11) is 1.53. The van der Waals surface area contributed by atoms with E-state index in [1.165, 1.54) is 66.8 Å². The van der Waals surface area contributed by atoms with Crippen LogP contribution in [0, 0.1) is 17.2 Å². The molecule has 1 aliphatic heterocycles. The Kier molecular flexibility index (Phi) is 9.16. The average molecular weight is 649 g/mol. The number of aromatic nitrogens is 1. The van der Waals surface area contributed by atoms with E-state index < -0.39 is 34.9 Å². The molecule has 2 aliphatic carbocycles. The van der Waals surface area contributed by atoms with E-state index in [0.29, 0.717) is 41.1 Å². The summed E-state index contributed by atoms with van der Waals surface area (Å²) in [5.41, 5.74) is 5.16. The van der Waals surface area contributed by atoms with Gasteiger partial charge in [0.1, 0.15) is 17.0 Å². The molecule has 2 aromatic carbocycles. The van der Waals surface area contributed by atoms with Gasteiger partial charge in [-0.2, -0.15) is 4.39 Å². The lowest BCUT2D eigenvalue weighted by molar-refractivity contribution is -0.134. The number of hydrogen-bond donors (Lipinski definition) is 1. The number of ether oxygens (including phenoxy) is 4. The van der Waals surface area contributed by atoms with E-state index in [2.05, 4.69) is 9.88 Å². The molecule has 1 saturated carbocycles. The SMILES string of the molecule is COc1cc2c(OC3(F)C=CC(N(C(=O)[C@]4(C(N)=O)C[C@H]4C)c4ccc(F)cc4)C=C3)ccnc2cc1OCCCN1CCOCC1. The molecule has 1 aromatic heterocycles. The van der Waals surface area contributed by atoms with Gasteiger partial charge >= 0.3 is 0 Å². The fourth-order valence-corrected chi connectivity index (χ4v) is 6.19. The van der Waals surface area contributed by atoms with Crippen LogP contribution in [0.4, 0.5) is 14.5 Å². The zero-order valence-corrected chi connectivity index (χ0v) is 26.4. The number of carbonyl (C=O) groups excluding carboxylic acids is 2. The van der Waals surface area contributed by atoms with Gasteiger partial charge in [0.05, 0.1) is 38.5 Å². The van der Waals surface area contributed by atoms with E-state index in [1.807, 2.05) is 0 Å². The number of carbonyl (C=O) groups is 2. The fraction of sp³-hybridized carbons (Fsp3) is 0.400. The number of amides is 2. The third-order valence-corrected chi connectivity index (χ3v) is 9.03. The number of halogens is 2. The maximum absolute atomic E-state index is 16.2. The zero-order chi connectivity index (χ0) is 33.2. The summed E-state index contributed by atoms with van der Waals surface area (Å²) >= 11 is 0. The van der Waals surface area contributed by atoms with Gasteiger partial charge in [-0.05, 0) is 67.3 Å². The second-order valence-corrected chi connectivity index (χ2v) is 12.1. The number of nitrogens with two attached hydrogens (primary N) is 1. The first-order valence-electron chi connectivity index (χ1n) is 15.7. The molecule has 2 fully saturated rings. The van der Waals surface area contributed by atoms with Gasteiger partial charge < -0.3 is 29.6 Å². The van der Waals surface area contributed by atoms with Crippen molar-refractivity contribution in [2.45, 2.75) is 31.7 Å². The van der Waals surface area contributed by atoms with Gasteiger partial charge in [-0.25, -0.2) is 4.39 Å². The summed E-state index contributed by atoms with van der Waals surface area (Å²) in [6.07, 6.45) is 7.98. The number of primary amides is 1. The van der Waals surface area contributed by atoms with Crippen molar-refractivity contribution in [3.05, 3.63) is 78.8 Å². The smallest absolute Gasteiger partial charge is 0.287 e. The first-order valence-corrected chi connectivity index (χ1v) is 15.7. The van der Waals surface area contributed by atoms with Crippen LogP contribution in [0.3, 0.4) is 0 Å². The molecule has 2 amide bonds. The van der Waals surface area contributed by atoms with Crippen molar-refractivity contribution >= 4 is 28.4 Å². The number of rotatable bonds is 12. The Morgan fingerprint density at radius 3 is 2.43 bits per heavy atom. The van der Waals surface area contributed by atoms with Crippen LogP contribution < -0.4 is 24.8 Å². The third-order valence-electron chi connectivity index (χ3n) is 9.03. The maximum atomic E-state index is 16.2. The van der Waals surface area contributed by atoms with Gasteiger partial charge in [0.15, 0.2) is 11.5 Å². The Hall–Kier alpha value is -4.55. The molecule has 0 spiro atoms. The quantitative estimate of drug-likeness (QED) is 0.173. The van der Waals surface area contributed by atoms with Gasteiger partial charge in [0.25, 0.3) is 5.85 Å². The molecule has 0 bridgehead atoms. The number of anilines is 1. The van der Waals surface area contributed by atoms with Crippen LogP contribution in [-0.4, -0.2) is 80.2 Å². The van der Waals surface area contributed by atoms with Crippen molar-refractivity contribution in [3.8, 4) is 17.2 Å². The molecule has 248 valence electrons. The molecular formula is C35H38F2N4O6. The van der Waals surface area contributed by atoms with Crippen molar-refractivity contribution in [2.24, 2.45) is 17.1 Å². The van der Waals surface area contributed by atoms with Crippen LogP contribution in [0.25, 0.3) is 10.9 Å². The lowest BCUT2D eigenvalue weighted by atomic mass is 9.97. The lowest BCUT2D eigenvalue weighted by Crippen LogP contribution is -2.49.